The summed E-state index contributed by atoms with van der Waals surface area (Å²) in [7, 11) is 1.68. The maximum atomic E-state index is 12.4. The van der Waals surface area contributed by atoms with Crippen LogP contribution in [0.2, 0.25) is 0 Å². The molecule has 103 heavy (non-hydrogen) atoms. The van der Waals surface area contributed by atoms with Gasteiger partial charge in [0.2, 0.25) is 0 Å². The number of methoxy groups -OCH3 is 1. The summed E-state index contributed by atoms with van der Waals surface area (Å²) in [6.45, 7) is 21.8. The predicted octanol–water partition coefficient (Wildman–Crippen LogP) is 18.5. The molecule has 0 radical (unpaired) electrons. The highest BCUT2D eigenvalue weighted by Crippen LogP contribution is 2.43. The number of carbonyl (C=O) groups excluding carboxylic acids is 1. The SMILES string of the molecule is C.C.C.CC1(C)OCC(COc2ccc(Br)cc2)O1.CC1(C)OCC(COc2ccc(C=O)cc2)O1.CCC.CCC.CCOC.OC(c1ccc(OC(F)(F)F)cc1)(c1ccc(OC(F)(F)F)cc1)C1CCNCC1.OCC(O)CCl.OCC(O)COc1ccc(Br)cc1.Oc1ccc(Br)cc1.[2HH].[2HH]. The predicted molar refractivity (Wildman–Crippen MR) is 408 cm³/mol. The minimum atomic E-state index is -4.85. The van der Waals surface area contributed by atoms with Crippen LogP contribution in [0.15, 0.2) is 159 Å². The summed E-state index contributed by atoms with van der Waals surface area (Å²) >= 11 is 14.9. The smallest absolute Gasteiger partial charge is 0.508 e. The van der Waals surface area contributed by atoms with Crippen LogP contribution in [0.1, 0.15) is 135 Å². The van der Waals surface area contributed by atoms with Gasteiger partial charge in [-0.3, -0.25) is 4.79 Å². The topological polar surface area (TPSA) is 243 Å². The molecule has 28 heteroatoms. The van der Waals surface area contributed by atoms with E-state index in [1.807, 2.05) is 71.0 Å². The summed E-state index contributed by atoms with van der Waals surface area (Å²) in [6.07, 6.45) is -6.84. The quantitative estimate of drug-likeness (QED) is 0.0226. The van der Waals surface area contributed by atoms with Crippen LogP contribution < -0.4 is 29.0 Å². The van der Waals surface area contributed by atoms with Crippen LogP contribution in [0.25, 0.3) is 0 Å². The fourth-order valence-electron chi connectivity index (χ4n) is 8.21. The van der Waals surface area contributed by atoms with Crippen LogP contribution in [-0.2, 0) is 29.3 Å². The third-order valence-electron chi connectivity index (χ3n) is 12.8. The number of alkyl halides is 7. The number of aromatic hydroxyl groups is 1. The minimum absolute atomic E-state index is 0. The molecule has 590 valence electrons. The second-order valence-electron chi connectivity index (χ2n) is 22.7. The molecule has 3 saturated heterocycles. The van der Waals surface area contributed by atoms with Gasteiger partial charge in [0.05, 0.1) is 38.4 Å². The lowest BCUT2D eigenvalue weighted by atomic mass is 9.72. The van der Waals surface area contributed by atoms with E-state index in [4.69, 9.17) is 70.3 Å². The van der Waals surface area contributed by atoms with Crippen molar-refractivity contribution in [2.24, 2.45) is 5.92 Å². The number of phenols is 1. The van der Waals surface area contributed by atoms with E-state index in [1.165, 1.54) is 37.1 Å². The lowest BCUT2D eigenvalue weighted by molar-refractivity contribution is -0.275. The highest BCUT2D eigenvalue weighted by atomic mass is 79.9. The van der Waals surface area contributed by atoms with E-state index >= 15 is 0 Å². The van der Waals surface area contributed by atoms with E-state index in [9.17, 15) is 36.2 Å². The van der Waals surface area contributed by atoms with Crippen molar-refractivity contribution < 1.29 is 112 Å². The summed E-state index contributed by atoms with van der Waals surface area (Å²) in [6, 6.07) is 38.5. The molecule has 0 saturated carbocycles. The lowest BCUT2D eigenvalue weighted by Gasteiger charge is -2.39. The molecule has 0 bridgehead atoms. The zero-order valence-electron chi connectivity index (χ0n) is 57.9. The van der Waals surface area contributed by atoms with Crippen LogP contribution in [-0.4, -0.2) is 165 Å². The Morgan fingerprint density at radius 1 is 0.573 bits per heavy atom. The molecule has 3 aliphatic rings. The number of benzene rings is 6. The molecule has 6 aromatic carbocycles. The van der Waals surface area contributed by atoms with E-state index < -0.39 is 53.6 Å². The van der Waals surface area contributed by atoms with Crippen molar-refractivity contribution in [1.29, 1.82) is 0 Å². The number of aliphatic hydroxyl groups excluding tert-OH is 4. The van der Waals surface area contributed by atoms with Crippen LogP contribution in [0.3, 0.4) is 0 Å². The molecule has 0 aliphatic carbocycles. The van der Waals surface area contributed by atoms with Crippen LogP contribution in [0.4, 0.5) is 26.3 Å². The Morgan fingerprint density at radius 2 is 0.893 bits per heavy atom. The standard InChI is InChI=1S/C20H19F6NO3.C13H16O4.C12H15BrO3.C9H11BrO3.C6H5BrO.C3H7ClO2.C3H8O.2C3H8.3CH4.2H2/c21-19(22,23)29-16-5-1-13(2-6-16)18(28,15-9-11-27-12-10-15)14-3-7-17(8-4-14)30-20(24,25)26;1-13(2)16-9-12(17-13)8-15-11-5-3-10(7-14)4-6-11;1-12(2)15-8-11(16-12)7-14-10-5-3-9(13)4-6-10;10-7-1-3-9(4-2-7)13-6-8(12)5-11;7-5-1-3-6(8)4-2-5;4-1-3(6)2-5;1-3-4-2;2*1-3-2;;;;;/h1-8,15,27-28H,9-12H2;3-7,12H,8-9H2,1-2H3;3-6,11H,7-8H2,1-2H3;1-4,8,11-12H,5-6H2;1-4,8H;3,5-6H,1-2H2;3H2,1-2H3;2*3H2,1-2H3;3*1H4;2*1H/i;;;;;;;;;;;;2*1+1. The Bertz CT molecular complexity index is 2960. The second-order valence-corrected chi connectivity index (χ2v) is 25.7. The molecule has 0 aromatic heterocycles. The van der Waals surface area contributed by atoms with E-state index in [0.717, 1.165) is 62.1 Å². The number of rotatable bonds is 19. The minimum Gasteiger partial charge on any atom is -0.508 e. The van der Waals surface area contributed by atoms with Gasteiger partial charge < -0.3 is 83.3 Å². The number of hydrogen-bond donors (Lipinski definition) is 7. The maximum Gasteiger partial charge on any atom is 0.573 e. The van der Waals surface area contributed by atoms with Gasteiger partial charge in [-0.1, -0.05) is 135 Å². The fraction of sp³-hybridized carbons (Fsp3) is 0.507. The summed E-state index contributed by atoms with van der Waals surface area (Å²) in [5.41, 5.74) is -0.351. The Morgan fingerprint density at radius 3 is 1.17 bits per heavy atom. The molecule has 0 spiro atoms. The van der Waals surface area contributed by atoms with Crippen LogP contribution >= 0.6 is 59.4 Å². The molecule has 3 heterocycles. The van der Waals surface area contributed by atoms with Gasteiger partial charge in [0.25, 0.3) is 0 Å². The first-order chi connectivity index (χ1) is 47.2. The number of ether oxygens (including phenoxy) is 10. The number of phenolic OH excluding ortho intramolecular Hbond substituents is 1. The zero-order chi connectivity index (χ0) is 75.4. The normalized spacial score (nSPS) is 15.9. The first kappa shape index (κ1) is 102. The van der Waals surface area contributed by atoms with Gasteiger partial charge >= 0.3 is 12.7 Å². The number of nitrogens with one attached hydrogen (secondary N) is 1. The largest absolute Gasteiger partial charge is 0.573 e. The van der Waals surface area contributed by atoms with Gasteiger partial charge in [-0.05, 0) is 199 Å². The van der Waals surface area contributed by atoms with Crippen molar-refractivity contribution in [2.45, 2.75) is 165 Å². The molecule has 6 aromatic rings. The number of piperidine rings is 1. The Hall–Kier alpha value is -5.34. The number of carbonyl (C=O) groups is 1. The van der Waals surface area contributed by atoms with Gasteiger partial charge in [-0.15, -0.1) is 37.9 Å². The van der Waals surface area contributed by atoms with Crippen molar-refractivity contribution in [1.82, 2.24) is 5.32 Å². The highest BCUT2D eigenvalue weighted by Gasteiger charge is 2.42. The van der Waals surface area contributed by atoms with Crippen molar-refractivity contribution in [2.75, 3.05) is 78.9 Å². The molecular weight excluding hydrogens is 1580 g/mol. The molecule has 3 aliphatic heterocycles. The van der Waals surface area contributed by atoms with Gasteiger partial charge in [0, 0.05) is 35.6 Å². The lowest BCUT2D eigenvalue weighted by Crippen LogP contribution is -2.42. The third-order valence-corrected chi connectivity index (χ3v) is 14.7. The Labute approximate surface area is 638 Å². The molecule has 7 N–H and O–H groups in total. The van der Waals surface area contributed by atoms with Gasteiger partial charge in [-0.25, -0.2) is 0 Å². The third kappa shape index (κ3) is 46.4. The average Bonchev–Trinajstić information content (AvgIpc) is 1.42. The molecule has 0 amide bonds. The van der Waals surface area contributed by atoms with Crippen molar-refractivity contribution >= 4 is 65.7 Å². The first-order valence-electron chi connectivity index (χ1n) is 32.0. The zero-order valence-corrected chi connectivity index (χ0v) is 63.4. The number of aliphatic hydroxyl groups is 5. The van der Waals surface area contributed by atoms with Crippen molar-refractivity contribution in [3.05, 3.63) is 176 Å². The Kier molecular flexibility index (Phi) is 54.5. The van der Waals surface area contributed by atoms with E-state index in [0.29, 0.717) is 80.5 Å². The summed E-state index contributed by atoms with van der Waals surface area (Å²) in [4.78, 5) is 10.5. The van der Waals surface area contributed by atoms with Crippen LogP contribution in [0.5, 0.6) is 34.5 Å². The number of halogens is 10. The van der Waals surface area contributed by atoms with Gasteiger partial charge in [0.15, 0.2) is 11.6 Å². The average molecular weight is 1690 g/mol. The molecule has 9 rings (SSSR count). The van der Waals surface area contributed by atoms with Gasteiger partial charge in [0.1, 0.15) is 84.5 Å². The molecule has 4 unspecified atom stereocenters. The van der Waals surface area contributed by atoms with E-state index in [-0.39, 0.29) is 69.0 Å². The van der Waals surface area contributed by atoms with E-state index in [1.54, 1.807) is 67.8 Å². The monoisotopic (exact) mass is 1690 g/mol. The summed E-state index contributed by atoms with van der Waals surface area (Å²) in [5.74, 6) is 0.479. The highest BCUT2D eigenvalue weighted by molar-refractivity contribution is 9.11. The number of hydrogen-bond acceptors (Lipinski definition) is 18. The molecule has 18 nitrogen and oxygen atoms in total. The molecular formula is C75H113Br3ClF6NO17. The molecule has 3 fully saturated rings. The Balaban J connectivity index is -0.000000388. The van der Waals surface area contributed by atoms with Gasteiger partial charge in [-0.2, -0.15) is 0 Å². The van der Waals surface area contributed by atoms with Crippen molar-refractivity contribution in [3.8, 4) is 34.5 Å². The summed E-state index contributed by atoms with van der Waals surface area (Å²) in [5, 5.41) is 57.4. The maximum absolute atomic E-state index is 12.4. The number of aldehydes is 1. The van der Waals surface area contributed by atoms with E-state index in [2.05, 4.69) is 95.0 Å². The summed E-state index contributed by atoms with van der Waals surface area (Å²) < 4.78 is 128. The second kappa shape index (κ2) is 55.1. The van der Waals surface area contributed by atoms with Crippen LogP contribution in [0, 0.1) is 5.92 Å². The first-order valence-corrected chi connectivity index (χ1v) is 34.9. The fourth-order valence-corrected chi connectivity index (χ4v) is 9.10. The van der Waals surface area contributed by atoms with Crippen molar-refractivity contribution in [3.63, 3.8) is 0 Å². The molecule has 4 atom stereocenters.